The normalized spacial score (nSPS) is 11.0. The number of hydrazone groups is 1. The third kappa shape index (κ3) is 6.26. The third-order valence-electron chi connectivity index (χ3n) is 4.90. The minimum absolute atomic E-state index is 0.0361. The van der Waals surface area contributed by atoms with Gasteiger partial charge in [0.2, 0.25) is 17.8 Å². The van der Waals surface area contributed by atoms with E-state index in [1.807, 2.05) is 0 Å². The molecule has 36 heavy (non-hydrogen) atoms. The molecule has 0 saturated carbocycles. The molecule has 0 atom stereocenters. The topological polar surface area (TPSA) is 139 Å². The number of rotatable bonds is 9. The molecule has 0 spiro atoms. The molecule has 0 unspecified atom stereocenters. The van der Waals surface area contributed by atoms with Gasteiger partial charge in [-0.05, 0) is 61.0 Å². The first-order valence-electron chi connectivity index (χ1n) is 10.6. The van der Waals surface area contributed by atoms with E-state index in [0.717, 1.165) is 5.56 Å². The quantitative estimate of drug-likeness (QED) is 0.164. The largest absolute Gasteiger partial charge is 0.497 e. The highest BCUT2D eigenvalue weighted by molar-refractivity contribution is 5.98. The Morgan fingerprint density at radius 2 is 1.39 bits per heavy atom. The molecule has 0 aliphatic heterocycles. The van der Waals surface area contributed by atoms with Gasteiger partial charge < -0.3 is 15.4 Å². The maximum Gasteiger partial charge on any atom is 0.269 e. The van der Waals surface area contributed by atoms with Gasteiger partial charge >= 0.3 is 0 Å². The predicted octanol–water partition coefficient (Wildman–Crippen LogP) is 5.25. The number of halogens is 1. The van der Waals surface area contributed by atoms with Gasteiger partial charge in [-0.1, -0.05) is 12.1 Å². The third-order valence-corrected chi connectivity index (χ3v) is 4.90. The Morgan fingerprint density at radius 3 is 1.92 bits per heavy atom. The van der Waals surface area contributed by atoms with Gasteiger partial charge in [0.15, 0.2) is 0 Å². The van der Waals surface area contributed by atoms with Crippen LogP contribution in [0.25, 0.3) is 0 Å². The first-order valence-corrected chi connectivity index (χ1v) is 10.6. The lowest BCUT2D eigenvalue weighted by atomic mass is 10.1. The van der Waals surface area contributed by atoms with E-state index in [0.29, 0.717) is 22.8 Å². The molecule has 0 radical (unpaired) electrons. The summed E-state index contributed by atoms with van der Waals surface area (Å²) in [5.41, 5.74) is 5.32. The van der Waals surface area contributed by atoms with Crippen LogP contribution in [0.15, 0.2) is 77.9 Å². The van der Waals surface area contributed by atoms with Crippen LogP contribution in [0.2, 0.25) is 0 Å². The van der Waals surface area contributed by atoms with E-state index in [2.05, 4.69) is 36.1 Å². The monoisotopic (exact) mass is 488 g/mol. The SMILES string of the molecule is COc1ccc(Nc2nc(NN=C(C)c3ccc(F)cc3)nc(Nc3ccc([N+](=O)[O-])cc3)n2)cc1. The summed E-state index contributed by atoms with van der Waals surface area (Å²) >= 11 is 0. The smallest absolute Gasteiger partial charge is 0.269 e. The number of benzene rings is 3. The van der Waals surface area contributed by atoms with Crippen LogP contribution in [0, 0.1) is 15.9 Å². The minimum atomic E-state index is -0.479. The van der Waals surface area contributed by atoms with Crippen molar-refractivity contribution in [1.82, 2.24) is 15.0 Å². The average molecular weight is 488 g/mol. The Labute approximate surface area is 205 Å². The fourth-order valence-corrected chi connectivity index (χ4v) is 3.03. The number of nitrogens with one attached hydrogen (secondary N) is 3. The molecular formula is C24H21FN8O3. The summed E-state index contributed by atoms with van der Waals surface area (Å²) in [5, 5.41) is 21.3. The van der Waals surface area contributed by atoms with Crippen LogP contribution >= 0.6 is 0 Å². The van der Waals surface area contributed by atoms with Crippen molar-refractivity contribution < 1.29 is 14.1 Å². The van der Waals surface area contributed by atoms with E-state index >= 15 is 0 Å². The molecule has 0 aliphatic carbocycles. The summed E-state index contributed by atoms with van der Waals surface area (Å²) in [6.07, 6.45) is 0. The summed E-state index contributed by atoms with van der Waals surface area (Å²) in [5.74, 6) is 0.883. The molecular weight excluding hydrogens is 467 g/mol. The summed E-state index contributed by atoms with van der Waals surface area (Å²) in [6.45, 7) is 1.76. The Hall–Kier alpha value is -5.13. The maximum absolute atomic E-state index is 13.2. The second-order valence-electron chi connectivity index (χ2n) is 7.40. The molecule has 1 aromatic heterocycles. The number of anilines is 5. The van der Waals surface area contributed by atoms with E-state index in [4.69, 9.17) is 4.74 Å². The van der Waals surface area contributed by atoms with Gasteiger partial charge in [-0.2, -0.15) is 20.1 Å². The second-order valence-corrected chi connectivity index (χ2v) is 7.40. The van der Waals surface area contributed by atoms with Gasteiger partial charge in [0.25, 0.3) is 5.69 Å². The zero-order valence-electron chi connectivity index (χ0n) is 19.3. The maximum atomic E-state index is 13.2. The number of nitrogens with zero attached hydrogens (tertiary/aromatic N) is 5. The molecule has 0 amide bonds. The molecule has 3 N–H and O–H groups in total. The number of aromatic nitrogens is 3. The van der Waals surface area contributed by atoms with Crippen LogP contribution in [0.3, 0.4) is 0 Å². The fourth-order valence-electron chi connectivity index (χ4n) is 3.03. The zero-order chi connectivity index (χ0) is 25.5. The lowest BCUT2D eigenvalue weighted by molar-refractivity contribution is -0.384. The van der Waals surface area contributed by atoms with Crippen LogP contribution < -0.4 is 20.8 Å². The highest BCUT2D eigenvalue weighted by atomic mass is 19.1. The first-order chi connectivity index (χ1) is 17.4. The number of nitro groups is 1. The Balaban J connectivity index is 1.60. The van der Waals surface area contributed by atoms with Gasteiger partial charge in [-0.25, -0.2) is 9.82 Å². The predicted molar refractivity (Wildman–Crippen MR) is 135 cm³/mol. The molecule has 0 saturated heterocycles. The highest BCUT2D eigenvalue weighted by Crippen LogP contribution is 2.22. The van der Waals surface area contributed by atoms with E-state index in [-0.39, 0.29) is 29.3 Å². The fraction of sp³-hybridized carbons (Fsp3) is 0.0833. The van der Waals surface area contributed by atoms with E-state index in [1.165, 1.54) is 24.3 Å². The molecule has 11 nitrogen and oxygen atoms in total. The van der Waals surface area contributed by atoms with Gasteiger partial charge in [0.1, 0.15) is 11.6 Å². The molecule has 4 aromatic rings. The van der Waals surface area contributed by atoms with Crippen molar-refractivity contribution >= 4 is 40.6 Å². The first kappa shape index (κ1) is 24.0. The van der Waals surface area contributed by atoms with E-state index in [9.17, 15) is 14.5 Å². The Bertz CT molecular complexity index is 1380. The zero-order valence-corrected chi connectivity index (χ0v) is 19.3. The number of ether oxygens (including phenoxy) is 1. The summed E-state index contributed by atoms with van der Waals surface area (Å²) in [4.78, 5) is 23.5. The number of nitro benzene ring substituents is 1. The van der Waals surface area contributed by atoms with Gasteiger partial charge in [0.05, 0.1) is 17.7 Å². The molecule has 182 valence electrons. The molecule has 4 rings (SSSR count). The van der Waals surface area contributed by atoms with Gasteiger partial charge in [-0.3, -0.25) is 10.1 Å². The second kappa shape index (κ2) is 10.9. The van der Waals surface area contributed by atoms with Gasteiger partial charge in [0, 0.05) is 23.5 Å². The number of hydrogen-bond donors (Lipinski definition) is 3. The van der Waals surface area contributed by atoms with E-state index < -0.39 is 4.92 Å². The minimum Gasteiger partial charge on any atom is -0.497 e. The number of non-ortho nitro benzene ring substituents is 1. The van der Waals surface area contributed by atoms with Crippen molar-refractivity contribution in [1.29, 1.82) is 0 Å². The molecule has 12 heteroatoms. The highest BCUT2D eigenvalue weighted by Gasteiger charge is 2.10. The molecule has 1 heterocycles. The van der Waals surface area contributed by atoms with Crippen molar-refractivity contribution in [2.45, 2.75) is 6.92 Å². The van der Waals surface area contributed by atoms with Crippen molar-refractivity contribution in [3.63, 3.8) is 0 Å². The lowest BCUT2D eigenvalue weighted by Crippen LogP contribution is -2.08. The van der Waals surface area contributed by atoms with Crippen LogP contribution in [0.5, 0.6) is 5.75 Å². The number of methoxy groups -OCH3 is 1. The Morgan fingerprint density at radius 1 is 0.861 bits per heavy atom. The van der Waals surface area contributed by atoms with Crippen molar-refractivity contribution in [2.75, 3.05) is 23.2 Å². The molecule has 0 aliphatic rings. The Kier molecular flexibility index (Phi) is 7.25. The lowest BCUT2D eigenvalue weighted by Gasteiger charge is -2.11. The summed E-state index contributed by atoms with van der Waals surface area (Å²) in [7, 11) is 1.58. The van der Waals surface area contributed by atoms with Crippen LogP contribution in [0.1, 0.15) is 12.5 Å². The number of hydrogen-bond acceptors (Lipinski definition) is 10. The average Bonchev–Trinajstić information content (AvgIpc) is 2.88. The standard InChI is InChI=1S/C24H21FN8O3/c1-15(16-3-5-17(25)6-4-16)31-32-24-29-22(26-18-7-11-20(12-8-18)33(34)35)28-23(30-24)27-19-9-13-21(36-2)14-10-19/h3-14H,1-2H3,(H3,26,27,28,29,30,32). The van der Waals surface area contributed by atoms with Crippen molar-refractivity contribution in [3.05, 3.63) is 94.3 Å². The van der Waals surface area contributed by atoms with Gasteiger partial charge in [-0.15, -0.1) is 0 Å². The summed E-state index contributed by atoms with van der Waals surface area (Å²) in [6, 6.07) is 18.9. The van der Waals surface area contributed by atoms with Crippen LogP contribution in [0.4, 0.5) is 39.3 Å². The van der Waals surface area contributed by atoms with Crippen molar-refractivity contribution in [3.8, 4) is 5.75 Å². The van der Waals surface area contributed by atoms with Crippen LogP contribution in [-0.2, 0) is 0 Å². The summed E-state index contributed by atoms with van der Waals surface area (Å²) < 4.78 is 18.4. The molecule has 0 fully saturated rings. The van der Waals surface area contributed by atoms with Crippen molar-refractivity contribution in [2.24, 2.45) is 5.10 Å². The van der Waals surface area contributed by atoms with Crippen LogP contribution in [-0.4, -0.2) is 32.7 Å². The van der Waals surface area contributed by atoms with E-state index in [1.54, 1.807) is 62.6 Å². The molecule has 3 aromatic carbocycles. The molecule has 0 bridgehead atoms.